The van der Waals surface area contributed by atoms with Crippen LogP contribution in [0.1, 0.15) is 18.5 Å². The van der Waals surface area contributed by atoms with Gasteiger partial charge < -0.3 is 15.8 Å². The Labute approximate surface area is 110 Å². The maximum Gasteiger partial charge on any atom is 0.137 e. The molecule has 0 aromatic heterocycles. The Hall–Kier alpha value is -0.490. The summed E-state index contributed by atoms with van der Waals surface area (Å²) in [5.74, 6) is -0.269. The predicted octanol–water partition coefficient (Wildman–Crippen LogP) is 2.21. The van der Waals surface area contributed by atoms with Crippen LogP contribution in [0.5, 0.6) is 0 Å². The lowest BCUT2D eigenvalue weighted by Gasteiger charge is -2.20. The Morgan fingerprint density at radius 1 is 1.53 bits per heavy atom. The highest BCUT2D eigenvalue weighted by Crippen LogP contribution is 2.21. The van der Waals surface area contributed by atoms with Gasteiger partial charge in [-0.2, -0.15) is 0 Å². The molecule has 2 atom stereocenters. The third-order valence-corrected chi connectivity index (χ3v) is 3.24. The van der Waals surface area contributed by atoms with Gasteiger partial charge in [-0.25, -0.2) is 4.39 Å². The number of methoxy groups -OCH3 is 1. The van der Waals surface area contributed by atoms with E-state index >= 15 is 0 Å². The predicted molar refractivity (Wildman–Crippen MR) is 70.4 cm³/mol. The summed E-state index contributed by atoms with van der Waals surface area (Å²) < 4.78 is 18.7. The van der Waals surface area contributed by atoms with Crippen molar-refractivity contribution in [2.75, 3.05) is 20.2 Å². The molecule has 0 spiro atoms. The molecule has 0 bridgehead atoms. The summed E-state index contributed by atoms with van der Waals surface area (Å²) in [6.07, 6.45) is 0.118. The molecule has 0 aliphatic heterocycles. The summed E-state index contributed by atoms with van der Waals surface area (Å²) >= 11 is 3.17. The highest BCUT2D eigenvalue weighted by Gasteiger charge is 2.12. The van der Waals surface area contributed by atoms with Gasteiger partial charge in [-0.1, -0.05) is 6.07 Å². The highest BCUT2D eigenvalue weighted by molar-refractivity contribution is 9.10. The van der Waals surface area contributed by atoms with Crippen molar-refractivity contribution in [3.63, 3.8) is 0 Å². The molecule has 0 saturated heterocycles. The summed E-state index contributed by atoms with van der Waals surface area (Å²) in [7, 11) is 1.66. The highest BCUT2D eigenvalue weighted by atomic mass is 79.9. The average molecular weight is 305 g/mol. The number of nitrogens with one attached hydrogen (secondary N) is 1. The third kappa shape index (κ3) is 4.35. The topological polar surface area (TPSA) is 47.3 Å². The first-order chi connectivity index (χ1) is 8.08. The van der Waals surface area contributed by atoms with Crippen LogP contribution in [0.3, 0.4) is 0 Å². The van der Waals surface area contributed by atoms with Crippen LogP contribution in [0.4, 0.5) is 4.39 Å². The molecule has 3 N–H and O–H groups in total. The summed E-state index contributed by atoms with van der Waals surface area (Å²) in [4.78, 5) is 0. The first-order valence-corrected chi connectivity index (χ1v) is 6.29. The molecule has 0 heterocycles. The van der Waals surface area contributed by atoms with Crippen molar-refractivity contribution < 1.29 is 9.13 Å². The SMILES string of the molecule is COC(C)CNC(CN)c1ccc(F)c(Br)c1. The Kier molecular flexibility index (Phi) is 6.05. The lowest BCUT2D eigenvalue weighted by molar-refractivity contribution is 0.114. The normalized spacial score (nSPS) is 14.6. The first kappa shape index (κ1) is 14.6. The fourth-order valence-corrected chi connectivity index (χ4v) is 1.85. The Bertz CT molecular complexity index is 362. The lowest BCUT2D eigenvalue weighted by atomic mass is 10.1. The largest absolute Gasteiger partial charge is 0.380 e. The van der Waals surface area contributed by atoms with Gasteiger partial charge in [0.15, 0.2) is 0 Å². The number of rotatable bonds is 6. The van der Waals surface area contributed by atoms with E-state index in [1.165, 1.54) is 6.07 Å². The standard InChI is InChI=1S/C12H18BrFN2O/c1-8(17-2)7-16-12(6-15)9-3-4-11(14)10(13)5-9/h3-5,8,12,16H,6-7,15H2,1-2H3. The molecule has 0 saturated carbocycles. The zero-order valence-electron chi connectivity index (χ0n) is 10.0. The molecule has 0 fully saturated rings. The van der Waals surface area contributed by atoms with Crippen molar-refractivity contribution >= 4 is 15.9 Å². The summed E-state index contributed by atoms with van der Waals surface area (Å²) in [5, 5.41) is 3.29. The number of benzene rings is 1. The van der Waals surface area contributed by atoms with Gasteiger partial charge in [0.25, 0.3) is 0 Å². The molecule has 5 heteroatoms. The fourth-order valence-electron chi connectivity index (χ4n) is 1.46. The van der Waals surface area contributed by atoms with Gasteiger partial charge in [0.1, 0.15) is 5.82 Å². The molecular weight excluding hydrogens is 287 g/mol. The molecule has 0 radical (unpaired) electrons. The Morgan fingerprint density at radius 3 is 2.76 bits per heavy atom. The van der Waals surface area contributed by atoms with Crippen molar-refractivity contribution in [3.8, 4) is 0 Å². The van der Waals surface area contributed by atoms with Crippen LogP contribution in [-0.2, 0) is 4.74 Å². The average Bonchev–Trinajstić information content (AvgIpc) is 2.33. The van der Waals surface area contributed by atoms with E-state index in [0.29, 0.717) is 17.6 Å². The first-order valence-electron chi connectivity index (χ1n) is 5.49. The monoisotopic (exact) mass is 304 g/mol. The van der Waals surface area contributed by atoms with Crippen LogP contribution in [0.15, 0.2) is 22.7 Å². The van der Waals surface area contributed by atoms with E-state index in [4.69, 9.17) is 10.5 Å². The lowest BCUT2D eigenvalue weighted by Crippen LogP contribution is -2.34. The van der Waals surface area contributed by atoms with Gasteiger partial charge in [0, 0.05) is 26.2 Å². The van der Waals surface area contributed by atoms with Crippen molar-refractivity contribution in [2.45, 2.75) is 19.1 Å². The van der Waals surface area contributed by atoms with Gasteiger partial charge in [-0.15, -0.1) is 0 Å². The smallest absolute Gasteiger partial charge is 0.137 e. The number of ether oxygens (including phenoxy) is 1. The van der Waals surface area contributed by atoms with E-state index < -0.39 is 0 Å². The van der Waals surface area contributed by atoms with Crippen LogP contribution < -0.4 is 11.1 Å². The van der Waals surface area contributed by atoms with Crippen LogP contribution in [0, 0.1) is 5.82 Å². The minimum absolute atomic E-state index is 0.00417. The zero-order chi connectivity index (χ0) is 12.8. The number of nitrogens with two attached hydrogens (primary N) is 1. The van der Waals surface area contributed by atoms with E-state index in [1.54, 1.807) is 19.2 Å². The second kappa shape index (κ2) is 7.06. The molecule has 2 unspecified atom stereocenters. The maximum absolute atomic E-state index is 13.1. The molecular formula is C12H18BrFN2O. The van der Waals surface area contributed by atoms with Gasteiger partial charge in [0.05, 0.1) is 10.6 Å². The molecule has 0 amide bonds. The third-order valence-electron chi connectivity index (χ3n) is 2.64. The molecule has 1 rings (SSSR count). The van der Waals surface area contributed by atoms with Crippen molar-refractivity contribution in [1.29, 1.82) is 0 Å². The molecule has 96 valence electrons. The molecule has 3 nitrogen and oxygen atoms in total. The zero-order valence-corrected chi connectivity index (χ0v) is 11.6. The van der Waals surface area contributed by atoms with Gasteiger partial charge >= 0.3 is 0 Å². The van der Waals surface area contributed by atoms with Crippen LogP contribution in [-0.4, -0.2) is 26.3 Å². The second-order valence-corrected chi connectivity index (χ2v) is 4.77. The Morgan fingerprint density at radius 2 is 2.24 bits per heavy atom. The number of hydrogen-bond donors (Lipinski definition) is 2. The molecule has 0 aliphatic rings. The molecule has 17 heavy (non-hydrogen) atoms. The van der Waals surface area contributed by atoms with E-state index in [-0.39, 0.29) is 18.0 Å². The van der Waals surface area contributed by atoms with E-state index in [1.807, 2.05) is 6.92 Å². The molecule has 1 aromatic rings. The summed E-state index contributed by atoms with van der Waals surface area (Å²) in [6, 6.07) is 4.92. The fraction of sp³-hybridized carbons (Fsp3) is 0.500. The molecule has 1 aromatic carbocycles. The van der Waals surface area contributed by atoms with Gasteiger partial charge in [-0.3, -0.25) is 0 Å². The van der Waals surface area contributed by atoms with Gasteiger partial charge in [0.2, 0.25) is 0 Å². The van der Waals surface area contributed by atoms with E-state index in [2.05, 4.69) is 21.2 Å². The van der Waals surface area contributed by atoms with E-state index in [0.717, 1.165) is 5.56 Å². The van der Waals surface area contributed by atoms with Gasteiger partial charge in [-0.05, 0) is 40.5 Å². The van der Waals surface area contributed by atoms with Crippen molar-refractivity contribution in [1.82, 2.24) is 5.32 Å². The van der Waals surface area contributed by atoms with Crippen molar-refractivity contribution in [2.24, 2.45) is 5.73 Å². The van der Waals surface area contributed by atoms with Crippen LogP contribution >= 0.6 is 15.9 Å². The van der Waals surface area contributed by atoms with E-state index in [9.17, 15) is 4.39 Å². The van der Waals surface area contributed by atoms with Crippen LogP contribution in [0.25, 0.3) is 0 Å². The summed E-state index contributed by atoms with van der Waals surface area (Å²) in [6.45, 7) is 3.13. The molecule has 0 aliphatic carbocycles. The Balaban J connectivity index is 2.69. The quantitative estimate of drug-likeness (QED) is 0.847. The minimum Gasteiger partial charge on any atom is -0.380 e. The summed E-state index contributed by atoms with van der Waals surface area (Å²) in [5.41, 5.74) is 6.67. The maximum atomic E-state index is 13.1. The number of hydrogen-bond acceptors (Lipinski definition) is 3. The van der Waals surface area contributed by atoms with Crippen molar-refractivity contribution in [3.05, 3.63) is 34.1 Å². The van der Waals surface area contributed by atoms with Crippen LogP contribution in [0.2, 0.25) is 0 Å². The number of halogens is 2. The minimum atomic E-state index is -0.269. The second-order valence-electron chi connectivity index (χ2n) is 3.92.